The number of hydrogen-bond acceptors (Lipinski definition) is 0. The lowest BCUT2D eigenvalue weighted by Crippen LogP contribution is -1.93. The van der Waals surface area contributed by atoms with Crippen molar-refractivity contribution in [2.24, 2.45) is 0 Å². The van der Waals surface area contributed by atoms with E-state index in [0.29, 0.717) is 4.83 Å². The van der Waals surface area contributed by atoms with Crippen molar-refractivity contribution in [3.63, 3.8) is 0 Å². The number of rotatable bonds is 0. The predicted molar refractivity (Wildman–Crippen MR) is 56.5 cm³/mol. The van der Waals surface area contributed by atoms with Gasteiger partial charge in [0, 0.05) is 4.83 Å². The Kier molecular flexibility index (Phi) is 2.31. The van der Waals surface area contributed by atoms with Crippen molar-refractivity contribution in [3.05, 3.63) is 41.5 Å². The van der Waals surface area contributed by atoms with Gasteiger partial charge in [-0.3, -0.25) is 0 Å². The van der Waals surface area contributed by atoms with Crippen molar-refractivity contribution in [1.29, 1.82) is 0 Å². The Hall–Kier alpha value is -0.560. The highest BCUT2D eigenvalue weighted by atomic mass is 79.9. The molecule has 0 radical (unpaired) electrons. The van der Waals surface area contributed by atoms with Crippen molar-refractivity contribution < 1.29 is 0 Å². The van der Waals surface area contributed by atoms with E-state index in [4.69, 9.17) is 0 Å². The van der Waals surface area contributed by atoms with Gasteiger partial charge < -0.3 is 0 Å². The summed E-state index contributed by atoms with van der Waals surface area (Å²) in [5.41, 5.74) is 2.84. The summed E-state index contributed by atoms with van der Waals surface area (Å²) in [5.74, 6) is 0. The molecule has 0 bridgehead atoms. The zero-order chi connectivity index (χ0) is 8.39. The fraction of sp³-hybridized carbons (Fsp3) is 0.273. The number of allylic oxidation sites excluding steroid dienone is 1. The summed E-state index contributed by atoms with van der Waals surface area (Å²) in [6.07, 6.45) is 6.82. The molecule has 1 aliphatic carbocycles. The van der Waals surface area contributed by atoms with Gasteiger partial charge in [0.15, 0.2) is 0 Å². The normalized spacial score (nSPS) is 21.6. The third kappa shape index (κ3) is 1.61. The Bertz CT molecular complexity index is 302. The Labute approximate surface area is 81.4 Å². The van der Waals surface area contributed by atoms with E-state index in [1.165, 1.54) is 24.0 Å². The second kappa shape index (κ2) is 3.44. The third-order valence-electron chi connectivity index (χ3n) is 2.23. The zero-order valence-electron chi connectivity index (χ0n) is 6.83. The van der Waals surface area contributed by atoms with Crippen molar-refractivity contribution in [1.82, 2.24) is 0 Å². The van der Waals surface area contributed by atoms with E-state index in [-0.39, 0.29) is 0 Å². The molecule has 1 atom stereocenters. The third-order valence-corrected chi connectivity index (χ3v) is 2.99. The van der Waals surface area contributed by atoms with Crippen LogP contribution in [0.1, 0.15) is 17.5 Å². The minimum absolute atomic E-state index is 0.546. The lowest BCUT2D eigenvalue weighted by molar-refractivity contribution is 0.874. The van der Waals surface area contributed by atoms with Crippen molar-refractivity contribution >= 4 is 22.0 Å². The van der Waals surface area contributed by atoms with Crippen LogP contribution in [0.25, 0.3) is 6.08 Å². The van der Waals surface area contributed by atoms with E-state index in [9.17, 15) is 0 Å². The van der Waals surface area contributed by atoms with Crippen LogP contribution in [0.4, 0.5) is 0 Å². The molecule has 0 spiro atoms. The average Bonchev–Trinajstić information content (AvgIpc) is 2.29. The van der Waals surface area contributed by atoms with Gasteiger partial charge in [-0.05, 0) is 24.0 Å². The quantitative estimate of drug-likeness (QED) is 0.591. The minimum atomic E-state index is 0.546. The zero-order valence-corrected chi connectivity index (χ0v) is 8.42. The molecule has 0 heterocycles. The standard InChI is InChI=1S/C11H11Br/c12-11-7-5-9-3-1-2-4-10(9)6-8-11/h1-5,7,11H,6,8H2. The molecule has 2 rings (SSSR count). The van der Waals surface area contributed by atoms with Crippen LogP contribution in [0, 0.1) is 0 Å². The van der Waals surface area contributed by atoms with Crippen LogP contribution < -0.4 is 0 Å². The molecule has 1 unspecified atom stereocenters. The second-order valence-corrected chi connectivity index (χ2v) is 4.29. The SMILES string of the molecule is BrC1C=Cc2ccccc2CC1. The lowest BCUT2D eigenvalue weighted by Gasteiger charge is -2.02. The first-order valence-corrected chi connectivity index (χ1v) is 5.18. The molecule has 0 aromatic heterocycles. The molecule has 12 heavy (non-hydrogen) atoms. The fourth-order valence-corrected chi connectivity index (χ4v) is 1.90. The number of alkyl halides is 1. The lowest BCUT2D eigenvalue weighted by atomic mass is 10.1. The molecule has 0 N–H and O–H groups in total. The molecule has 62 valence electrons. The highest BCUT2D eigenvalue weighted by molar-refractivity contribution is 9.09. The van der Waals surface area contributed by atoms with E-state index in [1.54, 1.807) is 0 Å². The number of benzene rings is 1. The molecule has 0 fully saturated rings. The van der Waals surface area contributed by atoms with Gasteiger partial charge in [-0.15, -0.1) is 0 Å². The summed E-state index contributed by atoms with van der Waals surface area (Å²) in [6.45, 7) is 0. The number of halogens is 1. The van der Waals surface area contributed by atoms with E-state index in [2.05, 4.69) is 52.3 Å². The van der Waals surface area contributed by atoms with Crippen molar-refractivity contribution in [2.75, 3.05) is 0 Å². The first-order chi connectivity index (χ1) is 5.86. The van der Waals surface area contributed by atoms with Gasteiger partial charge >= 0.3 is 0 Å². The summed E-state index contributed by atoms with van der Waals surface area (Å²) >= 11 is 3.61. The molecular formula is C11H11Br. The van der Waals surface area contributed by atoms with E-state index < -0.39 is 0 Å². The van der Waals surface area contributed by atoms with Gasteiger partial charge in [0.2, 0.25) is 0 Å². The van der Waals surface area contributed by atoms with Crippen LogP contribution in [0.3, 0.4) is 0 Å². The maximum atomic E-state index is 3.61. The largest absolute Gasteiger partial charge is 0.0845 e. The molecular weight excluding hydrogens is 212 g/mol. The van der Waals surface area contributed by atoms with Crippen LogP contribution in [-0.2, 0) is 6.42 Å². The Balaban J connectivity index is 2.39. The first-order valence-electron chi connectivity index (χ1n) is 4.26. The molecule has 0 nitrogen and oxygen atoms in total. The molecule has 1 aliphatic rings. The fourth-order valence-electron chi connectivity index (χ4n) is 1.52. The van der Waals surface area contributed by atoms with Crippen molar-refractivity contribution in [3.8, 4) is 0 Å². The molecule has 1 aromatic carbocycles. The summed E-state index contributed by atoms with van der Waals surface area (Å²) < 4.78 is 0. The van der Waals surface area contributed by atoms with Gasteiger partial charge in [0.1, 0.15) is 0 Å². The van der Waals surface area contributed by atoms with Gasteiger partial charge in [0.05, 0.1) is 0 Å². The van der Waals surface area contributed by atoms with Crippen molar-refractivity contribution in [2.45, 2.75) is 17.7 Å². The smallest absolute Gasteiger partial charge is 0.0331 e. The van der Waals surface area contributed by atoms with Crippen LogP contribution in [0.5, 0.6) is 0 Å². The maximum Gasteiger partial charge on any atom is 0.0331 e. The molecule has 0 saturated heterocycles. The van der Waals surface area contributed by atoms with Gasteiger partial charge in [0.25, 0.3) is 0 Å². The van der Waals surface area contributed by atoms with Gasteiger partial charge in [-0.1, -0.05) is 52.3 Å². The molecule has 1 heteroatoms. The van der Waals surface area contributed by atoms with Crippen LogP contribution in [0.2, 0.25) is 0 Å². The van der Waals surface area contributed by atoms with E-state index in [1.807, 2.05) is 0 Å². The molecule has 0 amide bonds. The highest BCUT2D eigenvalue weighted by Crippen LogP contribution is 2.21. The average molecular weight is 223 g/mol. The Morgan fingerprint density at radius 2 is 2.08 bits per heavy atom. The Morgan fingerprint density at radius 3 is 3.00 bits per heavy atom. The summed E-state index contributed by atoms with van der Waals surface area (Å²) in [4.78, 5) is 0.546. The van der Waals surface area contributed by atoms with E-state index >= 15 is 0 Å². The molecule has 0 aliphatic heterocycles. The minimum Gasteiger partial charge on any atom is -0.0845 e. The Morgan fingerprint density at radius 1 is 1.25 bits per heavy atom. The monoisotopic (exact) mass is 222 g/mol. The molecule has 0 saturated carbocycles. The molecule has 1 aromatic rings. The van der Waals surface area contributed by atoms with Crippen LogP contribution in [0.15, 0.2) is 30.3 Å². The topological polar surface area (TPSA) is 0 Å². The first kappa shape index (κ1) is 8.06. The van der Waals surface area contributed by atoms with Crippen LogP contribution >= 0.6 is 15.9 Å². The van der Waals surface area contributed by atoms with Crippen LogP contribution in [-0.4, -0.2) is 4.83 Å². The predicted octanol–water partition coefficient (Wildman–Crippen LogP) is 3.41. The summed E-state index contributed by atoms with van der Waals surface area (Å²) in [5, 5.41) is 0. The summed E-state index contributed by atoms with van der Waals surface area (Å²) in [7, 11) is 0. The van der Waals surface area contributed by atoms with Gasteiger partial charge in [-0.25, -0.2) is 0 Å². The second-order valence-electron chi connectivity index (χ2n) is 3.11. The summed E-state index contributed by atoms with van der Waals surface area (Å²) in [6, 6.07) is 8.60. The number of hydrogen-bond donors (Lipinski definition) is 0. The highest BCUT2D eigenvalue weighted by Gasteiger charge is 2.07. The number of fused-ring (bicyclic) bond motifs is 1. The maximum absolute atomic E-state index is 3.61. The number of aryl methyl sites for hydroxylation is 1. The van der Waals surface area contributed by atoms with Gasteiger partial charge in [-0.2, -0.15) is 0 Å². The van der Waals surface area contributed by atoms with E-state index in [0.717, 1.165) is 0 Å².